The fourth-order valence-electron chi connectivity index (χ4n) is 1.77. The molecule has 3 aromatic rings. The van der Waals surface area contributed by atoms with Gasteiger partial charge in [-0.15, -0.1) is 0 Å². The summed E-state index contributed by atoms with van der Waals surface area (Å²) in [7, 11) is 1.87. The third kappa shape index (κ3) is 1.66. The fraction of sp³-hybridized carbons (Fsp3) is 0.0833. The van der Waals surface area contributed by atoms with Crippen LogP contribution in [0, 0.1) is 0 Å². The highest BCUT2D eigenvalue weighted by atomic mass is 35.5. The first-order valence-electron chi connectivity index (χ1n) is 5.15. The standard InChI is InChI=1S/C12H9ClN4/c1-17-11(4-6-15-17)10-7-9(13)8-3-2-5-14-12(8)16-10/h2-7H,1H3. The second kappa shape index (κ2) is 3.82. The van der Waals surface area contributed by atoms with Crippen LogP contribution in [0.1, 0.15) is 0 Å². The van der Waals surface area contributed by atoms with E-state index in [4.69, 9.17) is 11.6 Å². The first-order valence-corrected chi connectivity index (χ1v) is 5.53. The van der Waals surface area contributed by atoms with Gasteiger partial charge in [-0.2, -0.15) is 5.10 Å². The molecular weight excluding hydrogens is 236 g/mol. The molecule has 84 valence electrons. The van der Waals surface area contributed by atoms with Crippen LogP contribution in [0.15, 0.2) is 36.7 Å². The molecule has 0 unspecified atom stereocenters. The van der Waals surface area contributed by atoms with Gasteiger partial charge in [0.2, 0.25) is 0 Å². The Balaban J connectivity index is 2.29. The van der Waals surface area contributed by atoms with Crippen LogP contribution < -0.4 is 0 Å². The van der Waals surface area contributed by atoms with Crippen molar-refractivity contribution in [3.63, 3.8) is 0 Å². The molecule has 0 fully saturated rings. The SMILES string of the molecule is Cn1nccc1-c1cc(Cl)c2cccnc2n1. The number of aromatic nitrogens is 4. The van der Waals surface area contributed by atoms with Gasteiger partial charge in [-0.05, 0) is 24.3 Å². The van der Waals surface area contributed by atoms with Crippen LogP contribution in [0.2, 0.25) is 5.02 Å². The number of halogens is 1. The summed E-state index contributed by atoms with van der Waals surface area (Å²) in [5.74, 6) is 0. The largest absolute Gasteiger partial charge is 0.266 e. The van der Waals surface area contributed by atoms with Crippen LogP contribution in [0.4, 0.5) is 0 Å². The number of aryl methyl sites for hydroxylation is 1. The van der Waals surface area contributed by atoms with Crippen LogP contribution in [0.3, 0.4) is 0 Å². The van der Waals surface area contributed by atoms with Gasteiger partial charge < -0.3 is 0 Å². The van der Waals surface area contributed by atoms with E-state index in [1.54, 1.807) is 17.1 Å². The monoisotopic (exact) mass is 244 g/mol. The lowest BCUT2D eigenvalue weighted by Crippen LogP contribution is -1.96. The zero-order chi connectivity index (χ0) is 11.8. The van der Waals surface area contributed by atoms with Gasteiger partial charge in [0.15, 0.2) is 5.65 Å². The molecule has 5 heteroatoms. The van der Waals surface area contributed by atoms with Crippen molar-refractivity contribution in [1.29, 1.82) is 0 Å². The van der Waals surface area contributed by atoms with E-state index in [2.05, 4.69) is 15.1 Å². The maximum atomic E-state index is 6.22. The molecule has 3 rings (SSSR count). The molecular formula is C12H9ClN4. The summed E-state index contributed by atoms with van der Waals surface area (Å²) in [6.07, 6.45) is 3.44. The lowest BCUT2D eigenvalue weighted by molar-refractivity contribution is 0.773. The molecule has 3 heterocycles. The number of hydrogen-bond acceptors (Lipinski definition) is 3. The van der Waals surface area contributed by atoms with Gasteiger partial charge in [0.05, 0.1) is 16.4 Å². The lowest BCUT2D eigenvalue weighted by Gasteiger charge is -2.04. The van der Waals surface area contributed by atoms with E-state index in [1.807, 2.05) is 31.3 Å². The number of nitrogens with zero attached hydrogens (tertiary/aromatic N) is 4. The van der Waals surface area contributed by atoms with Crippen molar-refractivity contribution in [1.82, 2.24) is 19.7 Å². The lowest BCUT2D eigenvalue weighted by atomic mass is 10.2. The molecule has 0 amide bonds. The first kappa shape index (κ1) is 10.2. The van der Waals surface area contributed by atoms with Crippen LogP contribution in [-0.2, 0) is 7.05 Å². The summed E-state index contributed by atoms with van der Waals surface area (Å²) in [6.45, 7) is 0. The zero-order valence-corrected chi connectivity index (χ0v) is 9.89. The van der Waals surface area contributed by atoms with Crippen molar-refractivity contribution in [3.8, 4) is 11.4 Å². The number of pyridine rings is 2. The van der Waals surface area contributed by atoms with Gasteiger partial charge in [-0.3, -0.25) is 4.68 Å². The van der Waals surface area contributed by atoms with Gasteiger partial charge in [0, 0.05) is 24.8 Å². The molecule has 0 N–H and O–H groups in total. The molecule has 0 aliphatic carbocycles. The van der Waals surface area contributed by atoms with E-state index in [-0.39, 0.29) is 0 Å². The van der Waals surface area contributed by atoms with Gasteiger partial charge >= 0.3 is 0 Å². The summed E-state index contributed by atoms with van der Waals surface area (Å²) in [4.78, 5) is 8.70. The summed E-state index contributed by atoms with van der Waals surface area (Å²) >= 11 is 6.22. The molecule has 0 aromatic carbocycles. The Hall–Kier alpha value is -1.94. The van der Waals surface area contributed by atoms with Gasteiger partial charge in [0.1, 0.15) is 0 Å². The van der Waals surface area contributed by atoms with E-state index >= 15 is 0 Å². The third-order valence-electron chi connectivity index (χ3n) is 2.62. The van der Waals surface area contributed by atoms with E-state index in [0.29, 0.717) is 10.7 Å². The minimum Gasteiger partial charge on any atom is -0.266 e. The molecule has 0 bridgehead atoms. The molecule has 17 heavy (non-hydrogen) atoms. The van der Waals surface area contributed by atoms with Gasteiger partial charge in [0.25, 0.3) is 0 Å². The third-order valence-corrected chi connectivity index (χ3v) is 2.93. The van der Waals surface area contributed by atoms with Crippen molar-refractivity contribution in [2.45, 2.75) is 0 Å². The Morgan fingerprint density at radius 2 is 2.12 bits per heavy atom. The molecule has 0 spiro atoms. The Kier molecular flexibility index (Phi) is 2.30. The predicted octanol–water partition coefficient (Wildman–Crippen LogP) is 2.68. The summed E-state index contributed by atoms with van der Waals surface area (Å²) < 4.78 is 1.76. The van der Waals surface area contributed by atoms with E-state index in [0.717, 1.165) is 16.8 Å². The van der Waals surface area contributed by atoms with Crippen LogP contribution in [-0.4, -0.2) is 19.7 Å². The highest BCUT2D eigenvalue weighted by molar-refractivity contribution is 6.35. The summed E-state index contributed by atoms with van der Waals surface area (Å²) in [5.41, 5.74) is 2.34. The first-order chi connectivity index (χ1) is 8.25. The maximum Gasteiger partial charge on any atom is 0.161 e. The Morgan fingerprint density at radius 1 is 1.24 bits per heavy atom. The van der Waals surface area contributed by atoms with Crippen LogP contribution >= 0.6 is 11.6 Å². The van der Waals surface area contributed by atoms with Crippen molar-refractivity contribution in [3.05, 3.63) is 41.7 Å². The summed E-state index contributed by atoms with van der Waals surface area (Å²) in [6, 6.07) is 7.49. The topological polar surface area (TPSA) is 43.6 Å². The molecule has 0 radical (unpaired) electrons. The normalized spacial score (nSPS) is 10.9. The average molecular weight is 245 g/mol. The van der Waals surface area contributed by atoms with Gasteiger partial charge in [-0.25, -0.2) is 9.97 Å². The number of fused-ring (bicyclic) bond motifs is 1. The van der Waals surface area contributed by atoms with Crippen molar-refractivity contribution in [2.24, 2.45) is 7.05 Å². The molecule has 0 saturated carbocycles. The minimum atomic E-state index is 0.649. The van der Waals surface area contributed by atoms with Crippen molar-refractivity contribution >= 4 is 22.6 Å². The van der Waals surface area contributed by atoms with E-state index in [9.17, 15) is 0 Å². The predicted molar refractivity (Wildman–Crippen MR) is 66.8 cm³/mol. The zero-order valence-electron chi connectivity index (χ0n) is 9.13. The van der Waals surface area contributed by atoms with Gasteiger partial charge in [-0.1, -0.05) is 11.6 Å². The average Bonchev–Trinajstić information content (AvgIpc) is 2.75. The molecule has 0 atom stereocenters. The Morgan fingerprint density at radius 3 is 2.88 bits per heavy atom. The highest BCUT2D eigenvalue weighted by Crippen LogP contribution is 2.26. The molecule has 4 nitrogen and oxygen atoms in total. The quantitative estimate of drug-likeness (QED) is 0.661. The molecule has 0 aliphatic rings. The second-order valence-corrected chi connectivity index (χ2v) is 4.11. The van der Waals surface area contributed by atoms with Crippen molar-refractivity contribution < 1.29 is 0 Å². The Labute approximate surface area is 103 Å². The van der Waals surface area contributed by atoms with Crippen LogP contribution in [0.25, 0.3) is 22.4 Å². The Bertz CT molecular complexity index is 690. The summed E-state index contributed by atoms with van der Waals surface area (Å²) in [5, 5.41) is 5.63. The van der Waals surface area contributed by atoms with Crippen molar-refractivity contribution in [2.75, 3.05) is 0 Å². The molecule has 0 saturated heterocycles. The minimum absolute atomic E-state index is 0.649. The smallest absolute Gasteiger partial charge is 0.161 e. The molecule has 0 aliphatic heterocycles. The number of hydrogen-bond donors (Lipinski definition) is 0. The maximum absolute atomic E-state index is 6.22. The molecule has 3 aromatic heterocycles. The van der Waals surface area contributed by atoms with Crippen LogP contribution in [0.5, 0.6) is 0 Å². The highest BCUT2D eigenvalue weighted by Gasteiger charge is 2.08. The van der Waals surface area contributed by atoms with E-state index in [1.165, 1.54) is 0 Å². The number of rotatable bonds is 1. The van der Waals surface area contributed by atoms with E-state index < -0.39 is 0 Å². The fourth-order valence-corrected chi connectivity index (χ4v) is 2.02. The second-order valence-electron chi connectivity index (χ2n) is 3.70.